The number of benzene rings is 1. The van der Waals surface area contributed by atoms with Crippen LogP contribution in [0.25, 0.3) is 0 Å². The maximum absolute atomic E-state index is 11.9. The third kappa shape index (κ3) is 3.02. The van der Waals surface area contributed by atoms with Gasteiger partial charge in [-0.05, 0) is 18.1 Å². The second kappa shape index (κ2) is 4.71. The fourth-order valence-electron chi connectivity index (χ4n) is 0.943. The third-order valence-electron chi connectivity index (χ3n) is 1.68. The number of hydrogen-bond acceptors (Lipinski definition) is 2. The predicted octanol–water partition coefficient (Wildman–Crippen LogP) is 2.18. The minimum absolute atomic E-state index is 0.239. The maximum atomic E-state index is 11.9. The lowest BCUT2D eigenvalue weighted by molar-refractivity contribution is -0.164. The number of hydrogen-bond donors (Lipinski definition) is 0. The van der Waals surface area contributed by atoms with Crippen molar-refractivity contribution < 1.29 is 22.7 Å². The van der Waals surface area contributed by atoms with Crippen LogP contribution in [0.15, 0.2) is 24.3 Å². The van der Waals surface area contributed by atoms with E-state index in [-0.39, 0.29) is 5.56 Å². The summed E-state index contributed by atoms with van der Waals surface area (Å²) in [6, 6.07) is 6.25. The van der Waals surface area contributed by atoms with Crippen molar-refractivity contribution in [2.24, 2.45) is 0 Å². The molecule has 1 aromatic rings. The molecule has 2 nitrogen and oxygen atoms in total. The van der Waals surface area contributed by atoms with Crippen LogP contribution in [-0.4, -0.2) is 19.1 Å². The van der Waals surface area contributed by atoms with Gasteiger partial charge in [-0.2, -0.15) is 13.2 Å². The van der Waals surface area contributed by atoms with Gasteiger partial charge >= 0.3 is 12.0 Å². The lowest BCUT2D eigenvalue weighted by atomic mass is 10.2. The van der Waals surface area contributed by atoms with Crippen LogP contribution in [0.1, 0.15) is 5.56 Å². The molecule has 0 aliphatic carbocycles. The van der Waals surface area contributed by atoms with Crippen molar-refractivity contribution in [2.45, 2.75) is 6.18 Å². The first-order valence-electron chi connectivity index (χ1n) is 4.21. The Labute approximate surface area is 90.0 Å². The largest absolute Gasteiger partial charge is 0.495 e. The molecule has 16 heavy (non-hydrogen) atoms. The fraction of sp³-hybridized carbons (Fsp3) is 0.182. The van der Waals surface area contributed by atoms with Crippen LogP contribution in [0, 0.1) is 11.8 Å². The van der Waals surface area contributed by atoms with Crippen molar-refractivity contribution in [1.29, 1.82) is 0 Å². The Hall–Kier alpha value is -1.96. The van der Waals surface area contributed by atoms with E-state index in [1.165, 1.54) is 19.1 Å². The SMILES string of the molecule is COc1ccccc1C#CC(=O)C(F)(F)F. The van der Waals surface area contributed by atoms with E-state index in [0.29, 0.717) is 5.75 Å². The van der Waals surface area contributed by atoms with E-state index in [0.717, 1.165) is 0 Å². The van der Waals surface area contributed by atoms with Crippen LogP contribution in [0.3, 0.4) is 0 Å². The normalized spacial score (nSPS) is 10.2. The van der Waals surface area contributed by atoms with Crippen molar-refractivity contribution in [3.8, 4) is 17.6 Å². The zero-order chi connectivity index (χ0) is 12.2. The highest BCUT2D eigenvalue weighted by molar-refractivity contribution is 6.00. The second-order valence-corrected chi connectivity index (χ2v) is 2.78. The molecule has 0 aliphatic rings. The summed E-state index contributed by atoms with van der Waals surface area (Å²) in [5.41, 5.74) is 0.239. The van der Waals surface area contributed by atoms with E-state index >= 15 is 0 Å². The zero-order valence-electron chi connectivity index (χ0n) is 8.26. The highest BCUT2D eigenvalue weighted by Crippen LogP contribution is 2.17. The minimum Gasteiger partial charge on any atom is -0.495 e. The summed E-state index contributed by atoms with van der Waals surface area (Å²) in [5.74, 6) is 1.90. The van der Waals surface area contributed by atoms with Gasteiger partial charge in [0.2, 0.25) is 0 Å². The highest BCUT2D eigenvalue weighted by atomic mass is 19.4. The van der Waals surface area contributed by atoms with Gasteiger partial charge in [0.05, 0.1) is 12.7 Å². The Morgan fingerprint density at radius 1 is 1.31 bits per heavy atom. The Morgan fingerprint density at radius 3 is 2.50 bits per heavy atom. The Kier molecular flexibility index (Phi) is 3.56. The Morgan fingerprint density at radius 2 is 1.94 bits per heavy atom. The molecule has 0 N–H and O–H groups in total. The number of carbonyl (C=O) groups is 1. The van der Waals surface area contributed by atoms with Crippen molar-refractivity contribution in [3.63, 3.8) is 0 Å². The van der Waals surface area contributed by atoms with Crippen LogP contribution >= 0.6 is 0 Å². The maximum Gasteiger partial charge on any atom is 0.462 e. The molecule has 0 atom stereocenters. The first kappa shape index (κ1) is 12.1. The number of carbonyl (C=O) groups excluding carboxylic acids is 1. The van der Waals surface area contributed by atoms with Gasteiger partial charge < -0.3 is 4.74 Å². The summed E-state index contributed by atoms with van der Waals surface area (Å²) < 4.78 is 40.4. The summed E-state index contributed by atoms with van der Waals surface area (Å²) in [7, 11) is 1.37. The molecular formula is C11H7F3O2. The molecule has 1 aromatic carbocycles. The number of rotatable bonds is 1. The van der Waals surface area contributed by atoms with E-state index in [4.69, 9.17) is 4.74 Å². The van der Waals surface area contributed by atoms with Crippen LogP contribution in [-0.2, 0) is 4.79 Å². The van der Waals surface area contributed by atoms with Crippen molar-refractivity contribution in [3.05, 3.63) is 29.8 Å². The van der Waals surface area contributed by atoms with Gasteiger partial charge in [-0.15, -0.1) is 0 Å². The molecule has 84 valence electrons. The van der Waals surface area contributed by atoms with Crippen molar-refractivity contribution >= 4 is 5.78 Å². The van der Waals surface area contributed by atoms with E-state index in [1.807, 2.05) is 0 Å². The highest BCUT2D eigenvalue weighted by Gasteiger charge is 2.37. The summed E-state index contributed by atoms with van der Waals surface area (Å²) in [4.78, 5) is 10.5. The number of ketones is 1. The lowest BCUT2D eigenvalue weighted by Gasteiger charge is -2.01. The quantitative estimate of drug-likeness (QED) is 0.688. The zero-order valence-corrected chi connectivity index (χ0v) is 8.26. The summed E-state index contributed by atoms with van der Waals surface area (Å²) in [5, 5.41) is 0. The van der Waals surface area contributed by atoms with Crippen LogP contribution < -0.4 is 4.74 Å². The van der Waals surface area contributed by atoms with Gasteiger partial charge in [-0.3, -0.25) is 4.79 Å². The molecule has 0 saturated carbocycles. The molecule has 1 rings (SSSR count). The molecule has 0 saturated heterocycles. The van der Waals surface area contributed by atoms with Gasteiger partial charge in [0, 0.05) is 0 Å². The fourth-order valence-corrected chi connectivity index (χ4v) is 0.943. The summed E-state index contributed by atoms with van der Waals surface area (Å²) in [6.07, 6.45) is -4.92. The molecule has 0 aromatic heterocycles. The number of alkyl halides is 3. The monoisotopic (exact) mass is 228 g/mol. The number of methoxy groups -OCH3 is 1. The lowest BCUT2D eigenvalue weighted by Crippen LogP contribution is -2.20. The molecule has 5 heteroatoms. The van der Waals surface area contributed by atoms with Crippen LogP contribution in [0.5, 0.6) is 5.75 Å². The Bertz CT molecular complexity index is 452. The van der Waals surface area contributed by atoms with E-state index in [1.54, 1.807) is 18.2 Å². The average Bonchev–Trinajstić information content (AvgIpc) is 2.24. The van der Waals surface area contributed by atoms with Crippen LogP contribution in [0.4, 0.5) is 13.2 Å². The van der Waals surface area contributed by atoms with Crippen LogP contribution in [0.2, 0.25) is 0 Å². The molecule has 0 heterocycles. The molecule has 0 aliphatic heterocycles. The van der Waals surface area contributed by atoms with Crippen molar-refractivity contribution in [2.75, 3.05) is 7.11 Å². The first-order valence-corrected chi connectivity index (χ1v) is 4.21. The third-order valence-corrected chi connectivity index (χ3v) is 1.68. The smallest absolute Gasteiger partial charge is 0.462 e. The standard InChI is InChI=1S/C11H7F3O2/c1-16-9-5-3-2-4-8(9)6-7-10(15)11(12,13)14/h2-5H,1H3. The second-order valence-electron chi connectivity index (χ2n) is 2.78. The van der Waals surface area contributed by atoms with Gasteiger partial charge in [-0.1, -0.05) is 18.1 Å². The molecule has 0 amide bonds. The average molecular weight is 228 g/mol. The van der Waals surface area contributed by atoms with Gasteiger partial charge in [0.15, 0.2) is 0 Å². The predicted molar refractivity (Wildman–Crippen MR) is 50.9 cm³/mol. The summed E-state index contributed by atoms with van der Waals surface area (Å²) >= 11 is 0. The van der Waals surface area contributed by atoms with Crippen molar-refractivity contribution in [1.82, 2.24) is 0 Å². The molecule has 0 bridgehead atoms. The van der Waals surface area contributed by atoms with Gasteiger partial charge in [-0.25, -0.2) is 0 Å². The van der Waals surface area contributed by atoms with E-state index < -0.39 is 12.0 Å². The number of Topliss-reactive ketones (excluding diaryl/α,β-unsaturated/α-hetero) is 1. The number of halogens is 3. The Balaban J connectivity index is 2.97. The van der Waals surface area contributed by atoms with E-state index in [9.17, 15) is 18.0 Å². The molecule has 0 unspecified atom stereocenters. The molecular weight excluding hydrogens is 221 g/mol. The topological polar surface area (TPSA) is 26.3 Å². The number of ether oxygens (including phenoxy) is 1. The number of para-hydroxylation sites is 1. The molecule has 0 radical (unpaired) electrons. The summed E-state index contributed by atoms with van der Waals surface area (Å²) in [6.45, 7) is 0. The molecule has 0 spiro atoms. The first-order chi connectivity index (χ1) is 7.45. The van der Waals surface area contributed by atoms with E-state index in [2.05, 4.69) is 5.92 Å². The van der Waals surface area contributed by atoms with Gasteiger partial charge in [0.25, 0.3) is 0 Å². The molecule has 0 fully saturated rings. The minimum atomic E-state index is -4.92. The van der Waals surface area contributed by atoms with Gasteiger partial charge in [0.1, 0.15) is 5.75 Å².